The van der Waals surface area contributed by atoms with E-state index in [1.54, 1.807) is 18.0 Å². The number of fused-ring (bicyclic) bond motifs is 1. The van der Waals surface area contributed by atoms with Crippen molar-refractivity contribution in [2.75, 3.05) is 20.1 Å². The van der Waals surface area contributed by atoms with Crippen molar-refractivity contribution in [1.29, 1.82) is 0 Å². The summed E-state index contributed by atoms with van der Waals surface area (Å²) in [4.78, 5) is 14.7. The van der Waals surface area contributed by atoms with Gasteiger partial charge in [0.1, 0.15) is 5.82 Å². The predicted molar refractivity (Wildman–Crippen MR) is 81.6 cm³/mol. The number of hydrogen-bond acceptors (Lipinski definition) is 3. The lowest BCUT2D eigenvalue weighted by Gasteiger charge is -2.28. The van der Waals surface area contributed by atoms with E-state index in [1.807, 2.05) is 19.9 Å². The van der Waals surface area contributed by atoms with Crippen LogP contribution in [-0.2, 0) is 0 Å². The second-order valence-electron chi connectivity index (χ2n) is 5.82. The van der Waals surface area contributed by atoms with Crippen LogP contribution in [0, 0.1) is 11.2 Å². The highest BCUT2D eigenvalue weighted by atomic mass is 32.1. The van der Waals surface area contributed by atoms with Crippen LogP contribution >= 0.6 is 11.3 Å². The average Bonchev–Trinajstić information content (AvgIpc) is 2.80. The zero-order valence-corrected chi connectivity index (χ0v) is 12.8. The lowest BCUT2D eigenvalue weighted by atomic mass is 9.93. The Morgan fingerprint density at radius 3 is 2.75 bits per heavy atom. The fourth-order valence-electron chi connectivity index (χ4n) is 2.08. The second kappa shape index (κ2) is 5.50. The smallest absolute Gasteiger partial charge is 0.263 e. The first-order chi connectivity index (χ1) is 9.32. The molecular weight excluding hydrogens is 275 g/mol. The topological polar surface area (TPSA) is 46.3 Å². The summed E-state index contributed by atoms with van der Waals surface area (Å²) in [6.45, 7) is 5.15. The van der Waals surface area contributed by atoms with Crippen molar-refractivity contribution in [2.45, 2.75) is 13.8 Å². The minimum atomic E-state index is -0.282. The van der Waals surface area contributed by atoms with Gasteiger partial charge in [0.15, 0.2) is 0 Å². The first kappa shape index (κ1) is 14.9. The lowest BCUT2D eigenvalue weighted by Crippen LogP contribution is -2.39. The maximum Gasteiger partial charge on any atom is 0.263 e. The first-order valence-electron chi connectivity index (χ1n) is 6.47. The molecule has 0 radical (unpaired) electrons. The molecule has 1 heterocycles. The Morgan fingerprint density at radius 1 is 1.40 bits per heavy atom. The summed E-state index contributed by atoms with van der Waals surface area (Å²) in [6.07, 6.45) is 0. The normalized spacial score (nSPS) is 11.8. The number of halogens is 1. The van der Waals surface area contributed by atoms with Crippen molar-refractivity contribution in [3.63, 3.8) is 0 Å². The third-order valence-corrected chi connectivity index (χ3v) is 4.34. The monoisotopic (exact) mass is 294 g/mol. The van der Waals surface area contributed by atoms with Gasteiger partial charge >= 0.3 is 0 Å². The van der Waals surface area contributed by atoms with E-state index in [2.05, 4.69) is 0 Å². The van der Waals surface area contributed by atoms with Gasteiger partial charge in [0.05, 0.1) is 4.88 Å². The van der Waals surface area contributed by atoms with E-state index in [0.717, 1.165) is 10.1 Å². The molecule has 0 aliphatic heterocycles. The second-order valence-corrected chi connectivity index (χ2v) is 6.91. The highest BCUT2D eigenvalue weighted by molar-refractivity contribution is 7.20. The van der Waals surface area contributed by atoms with Gasteiger partial charge in [-0.15, -0.1) is 11.3 Å². The Bertz CT molecular complexity index is 636. The molecule has 2 aromatic rings. The van der Waals surface area contributed by atoms with Crippen LogP contribution in [0.15, 0.2) is 24.3 Å². The van der Waals surface area contributed by atoms with Crippen molar-refractivity contribution in [3.8, 4) is 0 Å². The molecule has 20 heavy (non-hydrogen) atoms. The molecule has 0 fully saturated rings. The summed E-state index contributed by atoms with van der Waals surface area (Å²) in [5.41, 5.74) is 5.58. The maximum absolute atomic E-state index is 13.2. The van der Waals surface area contributed by atoms with Crippen LogP contribution in [0.3, 0.4) is 0 Å². The van der Waals surface area contributed by atoms with E-state index in [0.29, 0.717) is 18.0 Å². The molecule has 2 rings (SSSR count). The molecule has 0 unspecified atom stereocenters. The number of amides is 1. The van der Waals surface area contributed by atoms with Gasteiger partial charge in [-0.1, -0.05) is 19.9 Å². The van der Waals surface area contributed by atoms with Gasteiger partial charge in [-0.2, -0.15) is 0 Å². The van der Waals surface area contributed by atoms with E-state index in [4.69, 9.17) is 5.73 Å². The summed E-state index contributed by atoms with van der Waals surface area (Å²) in [5.74, 6) is -0.330. The molecule has 5 heteroatoms. The van der Waals surface area contributed by atoms with E-state index in [-0.39, 0.29) is 17.1 Å². The molecule has 108 valence electrons. The van der Waals surface area contributed by atoms with Gasteiger partial charge < -0.3 is 10.6 Å². The molecule has 1 amide bonds. The highest BCUT2D eigenvalue weighted by Crippen LogP contribution is 2.27. The fraction of sp³-hybridized carbons (Fsp3) is 0.400. The van der Waals surface area contributed by atoms with Gasteiger partial charge in [0, 0.05) is 18.3 Å². The number of carbonyl (C=O) groups excluding carboxylic acids is 1. The van der Waals surface area contributed by atoms with Crippen LogP contribution in [0.5, 0.6) is 0 Å². The highest BCUT2D eigenvalue weighted by Gasteiger charge is 2.23. The van der Waals surface area contributed by atoms with Gasteiger partial charge in [0.2, 0.25) is 0 Å². The van der Waals surface area contributed by atoms with Crippen LogP contribution in [0.25, 0.3) is 10.1 Å². The standard InChI is InChI=1S/C15H19FN2OS/c1-15(2,8-17)9-18(3)14(19)13-6-10-4-5-11(16)7-12(10)20-13/h4-7H,8-9,17H2,1-3H3. The number of thiophene rings is 1. The Kier molecular flexibility index (Phi) is 4.11. The van der Waals surface area contributed by atoms with E-state index in [1.165, 1.54) is 23.5 Å². The van der Waals surface area contributed by atoms with Crippen molar-refractivity contribution >= 4 is 27.3 Å². The average molecular weight is 294 g/mol. The quantitative estimate of drug-likeness (QED) is 0.942. The molecular formula is C15H19FN2OS. The molecule has 1 aromatic heterocycles. The molecule has 0 bridgehead atoms. The number of nitrogens with two attached hydrogens (primary N) is 1. The molecule has 0 aliphatic rings. The molecule has 0 saturated heterocycles. The maximum atomic E-state index is 13.2. The van der Waals surface area contributed by atoms with Gasteiger partial charge in [-0.05, 0) is 35.5 Å². The van der Waals surface area contributed by atoms with Crippen LogP contribution < -0.4 is 5.73 Å². The summed E-state index contributed by atoms with van der Waals surface area (Å²) in [6, 6.07) is 6.38. The van der Waals surface area contributed by atoms with Crippen LogP contribution in [0.1, 0.15) is 23.5 Å². The first-order valence-corrected chi connectivity index (χ1v) is 7.29. The number of carbonyl (C=O) groups is 1. The Labute approximate surface area is 122 Å². The van der Waals surface area contributed by atoms with Crippen molar-refractivity contribution in [1.82, 2.24) is 4.90 Å². The van der Waals surface area contributed by atoms with E-state index >= 15 is 0 Å². The molecule has 1 aromatic carbocycles. The Morgan fingerprint density at radius 2 is 2.10 bits per heavy atom. The third kappa shape index (κ3) is 3.16. The number of benzene rings is 1. The minimum absolute atomic E-state index is 0.0480. The number of rotatable bonds is 4. The van der Waals surface area contributed by atoms with Gasteiger partial charge in [-0.25, -0.2) is 4.39 Å². The summed E-state index contributed by atoms with van der Waals surface area (Å²) in [5, 5.41) is 0.895. The summed E-state index contributed by atoms with van der Waals surface area (Å²) >= 11 is 1.32. The molecule has 0 atom stereocenters. The zero-order valence-electron chi connectivity index (χ0n) is 11.9. The number of nitrogens with zero attached hydrogens (tertiary/aromatic N) is 1. The SMILES string of the molecule is CN(CC(C)(C)CN)C(=O)c1cc2ccc(F)cc2s1. The zero-order chi connectivity index (χ0) is 14.9. The van der Waals surface area contributed by atoms with Crippen molar-refractivity contribution in [3.05, 3.63) is 35.0 Å². The van der Waals surface area contributed by atoms with Crippen molar-refractivity contribution in [2.24, 2.45) is 11.1 Å². The molecule has 2 N–H and O–H groups in total. The van der Waals surface area contributed by atoms with Crippen molar-refractivity contribution < 1.29 is 9.18 Å². The van der Waals surface area contributed by atoms with Crippen LogP contribution in [0.4, 0.5) is 4.39 Å². The van der Waals surface area contributed by atoms with Gasteiger partial charge in [0.25, 0.3) is 5.91 Å². The summed E-state index contributed by atoms with van der Waals surface area (Å²) in [7, 11) is 1.77. The van der Waals surface area contributed by atoms with Crippen LogP contribution in [0.2, 0.25) is 0 Å². The molecule has 0 aliphatic carbocycles. The number of hydrogen-bond donors (Lipinski definition) is 1. The molecule has 0 saturated carbocycles. The summed E-state index contributed by atoms with van der Waals surface area (Å²) < 4.78 is 14.0. The Balaban J connectivity index is 2.22. The fourth-order valence-corrected chi connectivity index (χ4v) is 3.16. The van der Waals surface area contributed by atoms with Crippen LogP contribution in [-0.4, -0.2) is 30.9 Å². The Hall–Kier alpha value is -1.46. The molecule has 3 nitrogen and oxygen atoms in total. The third-order valence-electron chi connectivity index (χ3n) is 3.26. The van der Waals surface area contributed by atoms with Gasteiger partial charge in [-0.3, -0.25) is 4.79 Å². The molecule has 0 spiro atoms. The lowest BCUT2D eigenvalue weighted by molar-refractivity contribution is 0.0745. The van der Waals surface area contributed by atoms with E-state index in [9.17, 15) is 9.18 Å². The predicted octanol–water partition coefficient (Wildman–Crippen LogP) is 3.10. The minimum Gasteiger partial charge on any atom is -0.340 e. The largest absolute Gasteiger partial charge is 0.340 e. The van der Waals surface area contributed by atoms with E-state index < -0.39 is 0 Å².